The molecular weight excluding hydrogens is 242 g/mol. The molecule has 0 bridgehead atoms. The number of anilines is 1. The number of benzene rings is 1. The summed E-state index contributed by atoms with van der Waals surface area (Å²) in [6, 6.07) is 9.27. The molecule has 3 nitrogen and oxygen atoms in total. The minimum atomic E-state index is 0.416. The molecule has 1 fully saturated rings. The van der Waals surface area contributed by atoms with E-state index in [4.69, 9.17) is 5.73 Å². The van der Waals surface area contributed by atoms with Gasteiger partial charge in [-0.15, -0.1) is 0 Å². The van der Waals surface area contributed by atoms with Crippen molar-refractivity contribution in [2.75, 3.05) is 30.7 Å². The molecule has 0 unspecified atom stereocenters. The molecule has 0 saturated carbocycles. The standard InChI is InChI=1S/C14H23N3S/c1-16(18-2)14-5-3-12(4-6-14)11-17-9-7-13(15)8-10-17/h3-6,13H,7-11,15H2,1-2H3. The van der Waals surface area contributed by atoms with Gasteiger partial charge in [-0.05, 0) is 43.6 Å². The quantitative estimate of drug-likeness (QED) is 0.847. The molecule has 1 aromatic carbocycles. The van der Waals surface area contributed by atoms with Crippen molar-refractivity contribution in [3.05, 3.63) is 29.8 Å². The molecule has 0 aliphatic carbocycles. The minimum absolute atomic E-state index is 0.416. The maximum absolute atomic E-state index is 5.92. The number of piperidine rings is 1. The van der Waals surface area contributed by atoms with Crippen molar-refractivity contribution in [1.29, 1.82) is 0 Å². The van der Waals surface area contributed by atoms with Gasteiger partial charge in [0.05, 0.1) is 0 Å². The third kappa shape index (κ3) is 3.64. The maximum Gasteiger partial charge on any atom is 0.0466 e. The van der Waals surface area contributed by atoms with Gasteiger partial charge in [0.15, 0.2) is 0 Å². The van der Waals surface area contributed by atoms with E-state index in [1.54, 1.807) is 11.9 Å². The first-order valence-electron chi connectivity index (χ1n) is 6.54. The Hall–Kier alpha value is -0.710. The van der Waals surface area contributed by atoms with Crippen LogP contribution < -0.4 is 10.0 Å². The Morgan fingerprint density at radius 3 is 2.44 bits per heavy atom. The lowest BCUT2D eigenvalue weighted by molar-refractivity contribution is 0.205. The van der Waals surface area contributed by atoms with E-state index in [2.05, 4.69) is 46.8 Å². The highest BCUT2D eigenvalue weighted by Crippen LogP contribution is 2.20. The molecule has 100 valence electrons. The van der Waals surface area contributed by atoms with Crippen LogP contribution >= 0.6 is 11.9 Å². The molecule has 1 heterocycles. The van der Waals surface area contributed by atoms with Gasteiger partial charge in [-0.3, -0.25) is 4.90 Å². The molecule has 1 aliphatic rings. The number of likely N-dealkylation sites (tertiary alicyclic amines) is 1. The fourth-order valence-corrected chi connectivity index (χ4v) is 2.62. The van der Waals surface area contributed by atoms with Crippen LogP contribution in [0.3, 0.4) is 0 Å². The first-order chi connectivity index (χ1) is 8.69. The highest BCUT2D eigenvalue weighted by atomic mass is 32.2. The predicted octanol–water partition coefficient (Wildman–Crippen LogP) is 2.32. The van der Waals surface area contributed by atoms with Crippen LogP contribution in [0.15, 0.2) is 24.3 Å². The lowest BCUT2D eigenvalue weighted by atomic mass is 10.1. The topological polar surface area (TPSA) is 32.5 Å². The van der Waals surface area contributed by atoms with Gasteiger partial charge in [0, 0.05) is 31.6 Å². The normalized spacial score (nSPS) is 17.9. The van der Waals surface area contributed by atoms with Crippen molar-refractivity contribution < 1.29 is 0 Å². The van der Waals surface area contributed by atoms with Crippen LogP contribution in [-0.4, -0.2) is 37.3 Å². The molecule has 1 saturated heterocycles. The second-order valence-corrected chi connectivity index (χ2v) is 5.87. The number of hydrogen-bond acceptors (Lipinski definition) is 4. The molecular formula is C14H23N3S. The average molecular weight is 265 g/mol. The SMILES string of the molecule is CSN(C)c1ccc(CN2CCC(N)CC2)cc1. The Morgan fingerprint density at radius 1 is 1.28 bits per heavy atom. The van der Waals surface area contributed by atoms with Gasteiger partial charge < -0.3 is 10.0 Å². The molecule has 4 heteroatoms. The molecule has 1 aliphatic heterocycles. The summed E-state index contributed by atoms with van der Waals surface area (Å²) >= 11 is 1.73. The third-order valence-electron chi connectivity index (χ3n) is 3.61. The predicted molar refractivity (Wildman–Crippen MR) is 80.8 cm³/mol. The molecule has 18 heavy (non-hydrogen) atoms. The lowest BCUT2D eigenvalue weighted by Crippen LogP contribution is -2.39. The zero-order valence-corrected chi connectivity index (χ0v) is 12.1. The Morgan fingerprint density at radius 2 is 1.89 bits per heavy atom. The van der Waals surface area contributed by atoms with Gasteiger partial charge >= 0.3 is 0 Å². The monoisotopic (exact) mass is 265 g/mol. The Bertz CT molecular complexity index is 358. The van der Waals surface area contributed by atoms with E-state index in [-0.39, 0.29) is 0 Å². The summed E-state index contributed by atoms with van der Waals surface area (Å²) in [6.07, 6.45) is 4.35. The third-order valence-corrected chi connectivity index (χ3v) is 4.37. The zero-order valence-electron chi connectivity index (χ0n) is 11.3. The molecule has 0 radical (unpaired) electrons. The summed E-state index contributed by atoms with van der Waals surface area (Å²) in [7, 11) is 2.09. The smallest absolute Gasteiger partial charge is 0.0466 e. The Balaban J connectivity index is 1.90. The Labute approximate surface area is 114 Å². The fourth-order valence-electron chi connectivity index (χ4n) is 2.29. The molecule has 2 N–H and O–H groups in total. The van der Waals surface area contributed by atoms with Gasteiger partial charge in [0.1, 0.15) is 0 Å². The summed E-state index contributed by atoms with van der Waals surface area (Å²) < 4.78 is 2.17. The van der Waals surface area contributed by atoms with Crippen molar-refractivity contribution >= 4 is 17.6 Å². The molecule has 0 aromatic heterocycles. The first kappa shape index (κ1) is 13.7. The van der Waals surface area contributed by atoms with Crippen molar-refractivity contribution in [1.82, 2.24) is 4.90 Å². The highest BCUT2D eigenvalue weighted by Gasteiger charge is 2.15. The van der Waals surface area contributed by atoms with Crippen LogP contribution in [0.2, 0.25) is 0 Å². The van der Waals surface area contributed by atoms with E-state index in [9.17, 15) is 0 Å². The molecule has 2 rings (SSSR count). The molecule has 0 atom stereocenters. The second kappa shape index (κ2) is 6.45. The van der Waals surface area contributed by atoms with Gasteiger partial charge in [-0.2, -0.15) is 0 Å². The molecule has 0 spiro atoms. The zero-order chi connectivity index (χ0) is 13.0. The van der Waals surface area contributed by atoms with E-state index in [1.165, 1.54) is 11.3 Å². The van der Waals surface area contributed by atoms with E-state index in [0.29, 0.717) is 6.04 Å². The van der Waals surface area contributed by atoms with Gasteiger partial charge in [0.25, 0.3) is 0 Å². The summed E-state index contributed by atoms with van der Waals surface area (Å²) in [5.41, 5.74) is 8.57. The van der Waals surface area contributed by atoms with Crippen molar-refractivity contribution in [3.63, 3.8) is 0 Å². The van der Waals surface area contributed by atoms with Crippen molar-refractivity contribution in [2.45, 2.75) is 25.4 Å². The average Bonchev–Trinajstić information content (AvgIpc) is 2.41. The van der Waals surface area contributed by atoms with Gasteiger partial charge in [-0.1, -0.05) is 24.1 Å². The largest absolute Gasteiger partial charge is 0.328 e. The van der Waals surface area contributed by atoms with Crippen LogP contribution in [0.1, 0.15) is 18.4 Å². The van der Waals surface area contributed by atoms with E-state index in [1.807, 2.05) is 0 Å². The van der Waals surface area contributed by atoms with Crippen LogP contribution in [-0.2, 0) is 6.54 Å². The fraction of sp³-hybridized carbons (Fsp3) is 0.571. The van der Waals surface area contributed by atoms with Crippen LogP contribution in [0.4, 0.5) is 5.69 Å². The number of rotatable bonds is 4. The summed E-state index contributed by atoms with van der Waals surface area (Å²) in [5.74, 6) is 0. The summed E-state index contributed by atoms with van der Waals surface area (Å²) in [4.78, 5) is 2.50. The van der Waals surface area contributed by atoms with Crippen molar-refractivity contribution in [2.24, 2.45) is 5.73 Å². The highest BCUT2D eigenvalue weighted by molar-refractivity contribution is 7.99. The summed E-state index contributed by atoms with van der Waals surface area (Å²) in [6.45, 7) is 3.32. The second-order valence-electron chi connectivity index (χ2n) is 4.96. The number of hydrogen-bond donors (Lipinski definition) is 1. The molecule has 1 aromatic rings. The molecule has 0 amide bonds. The van der Waals surface area contributed by atoms with E-state index >= 15 is 0 Å². The minimum Gasteiger partial charge on any atom is -0.328 e. The van der Waals surface area contributed by atoms with E-state index < -0.39 is 0 Å². The summed E-state index contributed by atoms with van der Waals surface area (Å²) in [5, 5.41) is 0. The van der Waals surface area contributed by atoms with Crippen LogP contribution in [0, 0.1) is 0 Å². The van der Waals surface area contributed by atoms with Gasteiger partial charge in [-0.25, -0.2) is 0 Å². The Kier molecular flexibility index (Phi) is 4.92. The number of nitrogens with two attached hydrogens (primary N) is 1. The van der Waals surface area contributed by atoms with Crippen LogP contribution in [0.5, 0.6) is 0 Å². The first-order valence-corrected chi connectivity index (χ1v) is 7.72. The van der Waals surface area contributed by atoms with E-state index in [0.717, 1.165) is 32.5 Å². The van der Waals surface area contributed by atoms with Crippen LogP contribution in [0.25, 0.3) is 0 Å². The maximum atomic E-state index is 5.92. The lowest BCUT2D eigenvalue weighted by Gasteiger charge is -2.30. The van der Waals surface area contributed by atoms with Crippen molar-refractivity contribution in [3.8, 4) is 0 Å². The van der Waals surface area contributed by atoms with Gasteiger partial charge in [0.2, 0.25) is 0 Å². The number of nitrogens with zero attached hydrogens (tertiary/aromatic N) is 2.